The Morgan fingerprint density at radius 3 is 2.18 bits per heavy atom. The van der Waals surface area contributed by atoms with E-state index in [0.717, 1.165) is 18.4 Å². The van der Waals surface area contributed by atoms with Gasteiger partial charge in [-0.05, 0) is 12.3 Å². The van der Waals surface area contributed by atoms with E-state index in [1.54, 1.807) is 0 Å². The second-order valence-corrected chi connectivity index (χ2v) is 3.83. The average molecular weight is 156 g/mol. The van der Waals surface area contributed by atoms with E-state index in [1.165, 1.54) is 12.8 Å². The minimum Gasteiger partial charge on any atom is -0.245 e. The van der Waals surface area contributed by atoms with Crippen LogP contribution < -0.4 is 0 Å². The van der Waals surface area contributed by atoms with Crippen LogP contribution >= 0.6 is 0 Å². The molecule has 0 amide bonds. The zero-order valence-electron chi connectivity index (χ0n) is 8.43. The molecule has 0 rings (SSSR count). The third kappa shape index (κ3) is 5.00. The van der Waals surface area contributed by atoms with Crippen LogP contribution in [0.2, 0.25) is 0 Å². The standard InChI is InChI=1S/C10H22N/c1-6-7-10(9(2)3)8-11(4)5/h9-10H,4,6-8H2,1-3,5H3/q+1. The van der Waals surface area contributed by atoms with Gasteiger partial charge < -0.3 is 0 Å². The van der Waals surface area contributed by atoms with Crippen molar-refractivity contribution in [1.82, 2.24) is 0 Å². The highest BCUT2D eigenvalue weighted by Crippen LogP contribution is 2.16. The first-order chi connectivity index (χ1) is 5.07. The number of nitrogens with zero attached hydrogens (tertiary/aromatic N) is 1. The van der Waals surface area contributed by atoms with Gasteiger partial charge in [0.25, 0.3) is 0 Å². The Hall–Kier alpha value is -0.330. The lowest BCUT2D eigenvalue weighted by Crippen LogP contribution is -2.20. The van der Waals surface area contributed by atoms with Gasteiger partial charge in [-0.2, -0.15) is 0 Å². The third-order valence-corrected chi connectivity index (χ3v) is 2.15. The first-order valence-electron chi connectivity index (χ1n) is 4.59. The van der Waals surface area contributed by atoms with E-state index in [4.69, 9.17) is 0 Å². The predicted molar refractivity (Wildman–Crippen MR) is 51.4 cm³/mol. The molecule has 0 spiro atoms. The summed E-state index contributed by atoms with van der Waals surface area (Å²) in [6, 6.07) is 0. The fraction of sp³-hybridized carbons (Fsp3) is 0.900. The molecule has 0 fully saturated rings. The van der Waals surface area contributed by atoms with Gasteiger partial charge in [0.05, 0.1) is 0 Å². The van der Waals surface area contributed by atoms with Gasteiger partial charge >= 0.3 is 0 Å². The van der Waals surface area contributed by atoms with Crippen molar-refractivity contribution >= 4 is 6.72 Å². The molecular weight excluding hydrogens is 134 g/mol. The topological polar surface area (TPSA) is 3.01 Å². The van der Waals surface area contributed by atoms with E-state index in [2.05, 4.69) is 27.5 Å². The Kier molecular flexibility index (Phi) is 5.18. The fourth-order valence-electron chi connectivity index (χ4n) is 1.41. The Morgan fingerprint density at radius 1 is 1.36 bits per heavy atom. The summed E-state index contributed by atoms with van der Waals surface area (Å²) in [7, 11) is 2.05. The Morgan fingerprint density at radius 2 is 1.91 bits per heavy atom. The molecule has 11 heavy (non-hydrogen) atoms. The normalized spacial score (nSPS) is 13.5. The SMILES string of the molecule is C=[N+](C)CC(CCC)C(C)C. The van der Waals surface area contributed by atoms with E-state index < -0.39 is 0 Å². The van der Waals surface area contributed by atoms with Gasteiger partial charge in [0, 0.05) is 5.92 Å². The van der Waals surface area contributed by atoms with Crippen LogP contribution in [0.1, 0.15) is 33.6 Å². The zero-order chi connectivity index (χ0) is 8.85. The maximum Gasteiger partial charge on any atom is 0.145 e. The summed E-state index contributed by atoms with van der Waals surface area (Å²) >= 11 is 0. The molecule has 1 nitrogen and oxygen atoms in total. The number of hydrogen-bond donors (Lipinski definition) is 0. The molecule has 0 aromatic carbocycles. The van der Waals surface area contributed by atoms with Crippen molar-refractivity contribution in [2.45, 2.75) is 33.6 Å². The van der Waals surface area contributed by atoms with Crippen molar-refractivity contribution in [2.24, 2.45) is 11.8 Å². The predicted octanol–water partition coefficient (Wildman–Crippen LogP) is 2.40. The minimum atomic E-state index is 0.791. The molecule has 0 aromatic rings. The van der Waals surface area contributed by atoms with Gasteiger partial charge in [-0.25, -0.2) is 4.58 Å². The monoisotopic (exact) mass is 156 g/mol. The molecule has 0 heterocycles. The molecule has 0 aliphatic rings. The lowest BCUT2D eigenvalue weighted by Gasteiger charge is -2.16. The summed E-state index contributed by atoms with van der Waals surface area (Å²) in [5, 5.41) is 0. The molecule has 0 aromatic heterocycles. The van der Waals surface area contributed by atoms with Crippen molar-refractivity contribution in [3.05, 3.63) is 0 Å². The van der Waals surface area contributed by atoms with Crippen molar-refractivity contribution in [3.63, 3.8) is 0 Å². The summed E-state index contributed by atoms with van der Waals surface area (Å²) in [5.41, 5.74) is 0. The molecule has 0 saturated heterocycles. The maximum absolute atomic E-state index is 3.88. The molecular formula is C10H22N+. The van der Waals surface area contributed by atoms with Crippen LogP contribution in [-0.4, -0.2) is 24.9 Å². The second-order valence-electron chi connectivity index (χ2n) is 3.83. The van der Waals surface area contributed by atoms with E-state index in [1.807, 2.05) is 11.6 Å². The lowest BCUT2D eigenvalue weighted by atomic mass is 9.91. The third-order valence-electron chi connectivity index (χ3n) is 2.15. The van der Waals surface area contributed by atoms with Gasteiger partial charge in [0.2, 0.25) is 0 Å². The van der Waals surface area contributed by atoms with Gasteiger partial charge in [0.1, 0.15) is 20.3 Å². The van der Waals surface area contributed by atoms with E-state index in [0.29, 0.717) is 0 Å². The number of hydrogen-bond acceptors (Lipinski definition) is 0. The first kappa shape index (κ1) is 10.7. The van der Waals surface area contributed by atoms with E-state index in [9.17, 15) is 0 Å². The van der Waals surface area contributed by atoms with E-state index >= 15 is 0 Å². The van der Waals surface area contributed by atoms with Crippen LogP contribution in [0.4, 0.5) is 0 Å². The summed E-state index contributed by atoms with van der Waals surface area (Å²) in [4.78, 5) is 0. The van der Waals surface area contributed by atoms with Crippen molar-refractivity contribution < 1.29 is 4.58 Å². The molecule has 0 N–H and O–H groups in total. The van der Waals surface area contributed by atoms with Crippen molar-refractivity contribution in [1.29, 1.82) is 0 Å². The zero-order valence-corrected chi connectivity index (χ0v) is 8.43. The molecule has 0 aliphatic carbocycles. The molecule has 1 heteroatoms. The average Bonchev–Trinajstić information content (AvgIpc) is 1.86. The Labute approximate surface area is 71.1 Å². The van der Waals surface area contributed by atoms with Crippen LogP contribution in [0, 0.1) is 11.8 Å². The maximum atomic E-state index is 3.88. The van der Waals surface area contributed by atoms with Crippen LogP contribution in [0.5, 0.6) is 0 Å². The highest BCUT2D eigenvalue weighted by molar-refractivity contribution is 5.14. The molecule has 1 unspecified atom stereocenters. The molecule has 0 saturated carbocycles. The van der Waals surface area contributed by atoms with Crippen LogP contribution in [0.3, 0.4) is 0 Å². The Balaban J connectivity index is 3.79. The van der Waals surface area contributed by atoms with Gasteiger partial charge in [-0.3, -0.25) is 0 Å². The second kappa shape index (κ2) is 5.34. The van der Waals surface area contributed by atoms with Crippen molar-refractivity contribution in [3.8, 4) is 0 Å². The summed E-state index contributed by atoms with van der Waals surface area (Å²) in [5.74, 6) is 1.61. The summed E-state index contributed by atoms with van der Waals surface area (Å²) < 4.78 is 2.04. The lowest BCUT2D eigenvalue weighted by molar-refractivity contribution is -0.498. The van der Waals surface area contributed by atoms with Crippen LogP contribution in [-0.2, 0) is 0 Å². The van der Waals surface area contributed by atoms with Gasteiger partial charge in [0.15, 0.2) is 0 Å². The fourth-order valence-corrected chi connectivity index (χ4v) is 1.41. The molecule has 0 bridgehead atoms. The smallest absolute Gasteiger partial charge is 0.145 e. The molecule has 66 valence electrons. The van der Waals surface area contributed by atoms with E-state index in [-0.39, 0.29) is 0 Å². The summed E-state index contributed by atoms with van der Waals surface area (Å²) in [6.07, 6.45) is 2.62. The van der Waals surface area contributed by atoms with Crippen LogP contribution in [0.15, 0.2) is 0 Å². The number of rotatable bonds is 5. The quantitative estimate of drug-likeness (QED) is 0.425. The van der Waals surface area contributed by atoms with Gasteiger partial charge in [-0.15, -0.1) is 0 Å². The van der Waals surface area contributed by atoms with Crippen molar-refractivity contribution in [2.75, 3.05) is 13.6 Å². The highest BCUT2D eigenvalue weighted by Gasteiger charge is 2.15. The summed E-state index contributed by atoms with van der Waals surface area (Å²) in [6.45, 7) is 11.8. The minimum absolute atomic E-state index is 0.791. The molecule has 0 aliphatic heterocycles. The highest BCUT2D eigenvalue weighted by atomic mass is 14.9. The van der Waals surface area contributed by atoms with Crippen LogP contribution in [0.25, 0.3) is 0 Å². The Bertz CT molecular complexity index is 116. The first-order valence-corrected chi connectivity index (χ1v) is 4.59. The molecule has 0 radical (unpaired) electrons. The largest absolute Gasteiger partial charge is 0.245 e. The molecule has 1 atom stereocenters. The van der Waals surface area contributed by atoms with Gasteiger partial charge in [-0.1, -0.05) is 27.2 Å².